The molecule has 3 nitrogen and oxygen atoms in total. The molecule has 0 bridgehead atoms. The van der Waals surface area contributed by atoms with Gasteiger partial charge in [-0.1, -0.05) is 47.7 Å². The zero-order valence-electron chi connectivity index (χ0n) is 16.8. The van der Waals surface area contributed by atoms with Crippen molar-refractivity contribution in [3.63, 3.8) is 0 Å². The third kappa shape index (κ3) is 4.55. The zero-order chi connectivity index (χ0) is 21.1. The molecular weight excluding hydrogens is 415 g/mol. The molecule has 0 spiro atoms. The summed E-state index contributed by atoms with van der Waals surface area (Å²) in [5.41, 5.74) is 4.33. The Morgan fingerprint density at radius 2 is 1.77 bits per heavy atom. The second-order valence-electron chi connectivity index (χ2n) is 7.06. The SMILES string of the molecule is Cc1ccc2sc(N(Cc3ccccc3)C(=O)CSc3ccc(F)cc3)nc2c1C. The predicted octanol–water partition coefficient (Wildman–Crippen LogP) is 6.38. The summed E-state index contributed by atoms with van der Waals surface area (Å²) in [7, 11) is 0. The zero-order valence-corrected chi connectivity index (χ0v) is 18.4. The first-order valence-electron chi connectivity index (χ1n) is 9.60. The van der Waals surface area contributed by atoms with Gasteiger partial charge in [0.25, 0.3) is 0 Å². The number of benzene rings is 3. The largest absolute Gasteiger partial charge is 0.283 e. The number of thioether (sulfide) groups is 1. The third-order valence-electron chi connectivity index (χ3n) is 4.96. The predicted molar refractivity (Wildman–Crippen MR) is 124 cm³/mol. The molecule has 0 aliphatic rings. The first-order chi connectivity index (χ1) is 14.5. The van der Waals surface area contributed by atoms with Crippen molar-refractivity contribution in [2.75, 3.05) is 10.7 Å². The molecule has 3 aromatic carbocycles. The smallest absolute Gasteiger partial charge is 0.239 e. The Kier molecular flexibility index (Phi) is 6.16. The molecule has 0 N–H and O–H groups in total. The second-order valence-corrected chi connectivity index (χ2v) is 9.12. The maximum Gasteiger partial charge on any atom is 0.239 e. The molecule has 6 heteroatoms. The molecule has 1 heterocycles. The monoisotopic (exact) mass is 436 g/mol. The molecule has 0 saturated carbocycles. The van der Waals surface area contributed by atoms with Crippen LogP contribution in [0.2, 0.25) is 0 Å². The topological polar surface area (TPSA) is 33.2 Å². The summed E-state index contributed by atoms with van der Waals surface area (Å²) < 4.78 is 14.2. The number of amides is 1. The van der Waals surface area contributed by atoms with Crippen molar-refractivity contribution < 1.29 is 9.18 Å². The summed E-state index contributed by atoms with van der Waals surface area (Å²) in [6.07, 6.45) is 0. The van der Waals surface area contributed by atoms with Crippen LogP contribution in [-0.2, 0) is 11.3 Å². The van der Waals surface area contributed by atoms with Crippen LogP contribution in [0.3, 0.4) is 0 Å². The lowest BCUT2D eigenvalue weighted by Crippen LogP contribution is -2.31. The van der Waals surface area contributed by atoms with E-state index in [2.05, 4.69) is 26.0 Å². The van der Waals surface area contributed by atoms with E-state index < -0.39 is 0 Å². The van der Waals surface area contributed by atoms with Crippen molar-refractivity contribution >= 4 is 44.4 Å². The Balaban J connectivity index is 1.63. The molecule has 0 aliphatic carbocycles. The molecule has 0 saturated heterocycles. The van der Waals surface area contributed by atoms with Gasteiger partial charge in [0, 0.05) is 4.90 Å². The fourth-order valence-electron chi connectivity index (χ4n) is 3.11. The van der Waals surface area contributed by atoms with Gasteiger partial charge in [0.15, 0.2) is 5.13 Å². The molecule has 30 heavy (non-hydrogen) atoms. The highest BCUT2D eigenvalue weighted by Gasteiger charge is 2.21. The third-order valence-corrected chi connectivity index (χ3v) is 7.01. The minimum absolute atomic E-state index is 0.0263. The number of aryl methyl sites for hydroxylation is 2. The van der Waals surface area contributed by atoms with Crippen LogP contribution in [0.25, 0.3) is 10.2 Å². The van der Waals surface area contributed by atoms with Gasteiger partial charge in [-0.3, -0.25) is 9.69 Å². The number of halogens is 1. The lowest BCUT2D eigenvalue weighted by atomic mass is 10.1. The first-order valence-corrected chi connectivity index (χ1v) is 11.4. The van der Waals surface area contributed by atoms with E-state index in [9.17, 15) is 9.18 Å². The number of carbonyl (C=O) groups excluding carboxylic acids is 1. The maximum absolute atomic E-state index is 13.2. The van der Waals surface area contributed by atoms with E-state index in [-0.39, 0.29) is 17.5 Å². The summed E-state index contributed by atoms with van der Waals surface area (Å²) in [4.78, 5) is 20.7. The van der Waals surface area contributed by atoms with E-state index >= 15 is 0 Å². The molecular formula is C24H21FN2OS2. The van der Waals surface area contributed by atoms with E-state index in [0.29, 0.717) is 11.7 Å². The molecule has 4 rings (SSSR count). The van der Waals surface area contributed by atoms with E-state index in [0.717, 1.165) is 26.2 Å². The lowest BCUT2D eigenvalue weighted by molar-refractivity contribution is -0.116. The number of hydrogen-bond donors (Lipinski definition) is 0. The summed E-state index contributed by atoms with van der Waals surface area (Å²) in [5, 5.41) is 0.701. The van der Waals surface area contributed by atoms with Gasteiger partial charge in [0.2, 0.25) is 5.91 Å². The van der Waals surface area contributed by atoms with Gasteiger partial charge in [-0.15, -0.1) is 11.8 Å². The molecule has 4 aromatic rings. The highest BCUT2D eigenvalue weighted by Crippen LogP contribution is 2.33. The number of carbonyl (C=O) groups is 1. The van der Waals surface area contributed by atoms with E-state index in [1.807, 2.05) is 30.3 Å². The van der Waals surface area contributed by atoms with Gasteiger partial charge >= 0.3 is 0 Å². The first kappa shape index (κ1) is 20.6. The second kappa shape index (κ2) is 8.98. The molecule has 0 fully saturated rings. The molecule has 0 aliphatic heterocycles. The van der Waals surface area contributed by atoms with Gasteiger partial charge in [-0.25, -0.2) is 9.37 Å². The minimum atomic E-state index is -0.281. The fraction of sp³-hybridized carbons (Fsp3) is 0.167. The van der Waals surface area contributed by atoms with Crippen LogP contribution in [-0.4, -0.2) is 16.6 Å². The molecule has 0 radical (unpaired) electrons. The van der Waals surface area contributed by atoms with Crippen LogP contribution in [0.5, 0.6) is 0 Å². The van der Waals surface area contributed by atoms with Gasteiger partial charge in [-0.2, -0.15) is 0 Å². The Morgan fingerprint density at radius 1 is 1.03 bits per heavy atom. The standard InChI is InChI=1S/C24H21FN2OS2/c1-16-8-13-21-23(17(16)2)26-24(30-21)27(14-18-6-4-3-5-7-18)22(28)15-29-20-11-9-19(25)10-12-20/h3-13H,14-15H2,1-2H3. The van der Waals surface area contributed by atoms with Crippen LogP contribution in [0.1, 0.15) is 16.7 Å². The van der Waals surface area contributed by atoms with E-state index in [4.69, 9.17) is 4.98 Å². The molecule has 0 unspecified atom stereocenters. The summed E-state index contributed by atoms with van der Waals surface area (Å²) in [6, 6.07) is 20.3. The van der Waals surface area contributed by atoms with E-state index in [1.165, 1.54) is 40.8 Å². The molecule has 1 aromatic heterocycles. The van der Waals surface area contributed by atoms with E-state index in [1.54, 1.807) is 17.0 Å². The maximum atomic E-state index is 13.2. The lowest BCUT2D eigenvalue weighted by Gasteiger charge is -2.20. The van der Waals surface area contributed by atoms with Gasteiger partial charge < -0.3 is 0 Å². The average molecular weight is 437 g/mol. The molecule has 0 atom stereocenters. The van der Waals surface area contributed by atoms with Crippen molar-refractivity contribution in [2.24, 2.45) is 0 Å². The fourth-order valence-corrected chi connectivity index (χ4v) is 4.93. The van der Waals surface area contributed by atoms with Crippen LogP contribution >= 0.6 is 23.1 Å². The summed E-state index contributed by atoms with van der Waals surface area (Å²) >= 11 is 2.94. The number of hydrogen-bond acceptors (Lipinski definition) is 4. The Labute approximate surface area is 183 Å². The highest BCUT2D eigenvalue weighted by atomic mass is 32.2. The average Bonchev–Trinajstić information content (AvgIpc) is 3.19. The Bertz CT molecular complexity index is 1170. The van der Waals surface area contributed by atoms with Crippen molar-refractivity contribution in [2.45, 2.75) is 25.3 Å². The number of nitrogens with zero attached hydrogens (tertiary/aromatic N) is 2. The van der Waals surface area contributed by atoms with Crippen molar-refractivity contribution in [3.8, 4) is 0 Å². The number of aromatic nitrogens is 1. The number of thiazole rings is 1. The highest BCUT2D eigenvalue weighted by molar-refractivity contribution is 8.00. The van der Waals surface area contributed by atoms with Crippen LogP contribution in [0.15, 0.2) is 71.6 Å². The van der Waals surface area contributed by atoms with Crippen molar-refractivity contribution in [1.82, 2.24) is 4.98 Å². The van der Waals surface area contributed by atoms with Crippen molar-refractivity contribution in [3.05, 3.63) is 89.2 Å². The van der Waals surface area contributed by atoms with Crippen LogP contribution < -0.4 is 4.90 Å². The number of anilines is 1. The van der Waals surface area contributed by atoms with Crippen LogP contribution in [0.4, 0.5) is 9.52 Å². The summed E-state index contributed by atoms with van der Waals surface area (Å²) in [5.74, 6) is -0.0509. The molecule has 152 valence electrons. The minimum Gasteiger partial charge on any atom is -0.283 e. The Morgan fingerprint density at radius 3 is 2.50 bits per heavy atom. The number of fused-ring (bicyclic) bond motifs is 1. The van der Waals surface area contributed by atoms with Gasteiger partial charge in [-0.05, 0) is 60.9 Å². The quantitative estimate of drug-likeness (QED) is 0.329. The Hall–Kier alpha value is -2.70. The molecule has 1 amide bonds. The van der Waals surface area contributed by atoms with Gasteiger partial charge in [0.1, 0.15) is 5.82 Å². The normalized spacial score (nSPS) is 11.0. The summed E-state index contributed by atoms with van der Waals surface area (Å²) in [6.45, 7) is 4.59. The van der Waals surface area contributed by atoms with Crippen LogP contribution in [0, 0.1) is 19.7 Å². The van der Waals surface area contributed by atoms with Crippen molar-refractivity contribution in [1.29, 1.82) is 0 Å². The van der Waals surface area contributed by atoms with Gasteiger partial charge in [0.05, 0.1) is 22.5 Å². The number of rotatable bonds is 6.